The van der Waals surface area contributed by atoms with E-state index in [0.717, 1.165) is 61.9 Å². The van der Waals surface area contributed by atoms with Crippen LogP contribution in [0.5, 0.6) is 0 Å². The molecule has 1 aromatic carbocycles. The van der Waals surface area contributed by atoms with Crippen LogP contribution in [-0.2, 0) is 9.53 Å². The first-order valence-corrected chi connectivity index (χ1v) is 9.04. The fourth-order valence-corrected chi connectivity index (χ4v) is 4.26. The molecule has 5 heteroatoms. The van der Waals surface area contributed by atoms with Crippen molar-refractivity contribution < 1.29 is 9.53 Å². The Morgan fingerprint density at radius 1 is 1.25 bits per heavy atom. The van der Waals surface area contributed by atoms with Gasteiger partial charge in [0.05, 0.1) is 23.2 Å². The molecule has 1 aromatic heterocycles. The van der Waals surface area contributed by atoms with Crippen LogP contribution >= 0.6 is 0 Å². The van der Waals surface area contributed by atoms with Gasteiger partial charge in [0, 0.05) is 19.6 Å². The van der Waals surface area contributed by atoms with Gasteiger partial charge in [0.1, 0.15) is 5.82 Å². The molecule has 3 atom stereocenters. The molecule has 1 saturated carbocycles. The van der Waals surface area contributed by atoms with Crippen molar-refractivity contribution in [1.82, 2.24) is 14.9 Å². The fourth-order valence-electron chi connectivity index (χ4n) is 4.26. The molecule has 24 heavy (non-hydrogen) atoms. The summed E-state index contributed by atoms with van der Waals surface area (Å²) >= 11 is 0. The average molecular weight is 327 g/mol. The lowest BCUT2D eigenvalue weighted by molar-refractivity contribution is -0.139. The Morgan fingerprint density at radius 2 is 2.12 bits per heavy atom. The zero-order valence-electron chi connectivity index (χ0n) is 14.2. The highest BCUT2D eigenvalue weighted by Crippen LogP contribution is 2.35. The molecule has 2 aliphatic rings. The number of fused-ring (bicyclic) bond motifs is 1. The third-order valence-electron chi connectivity index (χ3n) is 5.57. The lowest BCUT2D eigenvalue weighted by Gasteiger charge is -2.32. The predicted octanol–water partition coefficient (Wildman–Crippen LogP) is 3.43. The molecule has 5 nitrogen and oxygen atoms in total. The summed E-state index contributed by atoms with van der Waals surface area (Å²) in [6.45, 7) is 0.842. The van der Waals surface area contributed by atoms with Gasteiger partial charge in [0.2, 0.25) is 5.91 Å². The van der Waals surface area contributed by atoms with E-state index in [4.69, 9.17) is 9.72 Å². The molecule has 1 N–H and O–H groups in total. The number of nitrogens with zero attached hydrogens (tertiary/aromatic N) is 2. The van der Waals surface area contributed by atoms with Crippen LogP contribution in [0.25, 0.3) is 11.0 Å². The maximum atomic E-state index is 13.1. The summed E-state index contributed by atoms with van der Waals surface area (Å²) in [7, 11) is 1.75. The maximum absolute atomic E-state index is 13.1. The van der Waals surface area contributed by atoms with Crippen LogP contribution in [0.1, 0.15) is 50.4 Å². The normalized spacial score (nSPS) is 27.7. The minimum atomic E-state index is 0.0906. The van der Waals surface area contributed by atoms with Crippen molar-refractivity contribution in [3.8, 4) is 0 Å². The van der Waals surface area contributed by atoms with Gasteiger partial charge in [-0.3, -0.25) is 4.79 Å². The van der Waals surface area contributed by atoms with Crippen LogP contribution in [0.3, 0.4) is 0 Å². The van der Waals surface area contributed by atoms with Crippen molar-refractivity contribution in [2.75, 3.05) is 13.7 Å². The number of aromatic nitrogens is 2. The summed E-state index contributed by atoms with van der Waals surface area (Å²) in [6.07, 6.45) is 6.28. The lowest BCUT2D eigenvalue weighted by atomic mass is 9.86. The topological polar surface area (TPSA) is 58.2 Å². The number of imidazole rings is 1. The highest BCUT2D eigenvalue weighted by atomic mass is 16.5. The number of carbonyl (C=O) groups is 1. The summed E-state index contributed by atoms with van der Waals surface area (Å²) < 4.78 is 5.50. The second-order valence-corrected chi connectivity index (χ2v) is 7.05. The molecule has 4 rings (SSSR count). The maximum Gasteiger partial charge on any atom is 0.226 e. The lowest BCUT2D eigenvalue weighted by Crippen LogP contribution is -2.39. The van der Waals surface area contributed by atoms with Crippen molar-refractivity contribution in [1.29, 1.82) is 0 Å². The Hall–Kier alpha value is -1.88. The van der Waals surface area contributed by atoms with E-state index in [1.807, 2.05) is 24.3 Å². The summed E-state index contributed by atoms with van der Waals surface area (Å²) in [6, 6.07) is 8.15. The molecule has 2 heterocycles. The van der Waals surface area contributed by atoms with E-state index in [2.05, 4.69) is 9.88 Å². The SMILES string of the molecule is COC1CCCC(C(=O)N2CCCC2c2nc3ccccc3[nH]2)C1. The Balaban J connectivity index is 1.54. The van der Waals surface area contributed by atoms with E-state index in [9.17, 15) is 4.79 Å². The number of hydrogen-bond acceptors (Lipinski definition) is 3. The molecule has 3 unspecified atom stereocenters. The van der Waals surface area contributed by atoms with Crippen LogP contribution < -0.4 is 0 Å². The van der Waals surface area contributed by atoms with E-state index in [0.29, 0.717) is 5.91 Å². The number of aromatic amines is 1. The smallest absolute Gasteiger partial charge is 0.226 e. The molecule has 128 valence electrons. The van der Waals surface area contributed by atoms with Gasteiger partial charge < -0.3 is 14.6 Å². The monoisotopic (exact) mass is 327 g/mol. The Labute approximate surface area is 142 Å². The molecule has 1 aliphatic heterocycles. The molecule has 1 aliphatic carbocycles. The number of hydrogen-bond donors (Lipinski definition) is 1. The number of methoxy groups -OCH3 is 1. The quantitative estimate of drug-likeness (QED) is 0.939. The summed E-state index contributed by atoms with van der Waals surface area (Å²) in [5.74, 6) is 1.33. The molecule has 1 amide bonds. The zero-order chi connectivity index (χ0) is 16.5. The van der Waals surface area contributed by atoms with E-state index in [-0.39, 0.29) is 18.1 Å². The molecule has 0 spiro atoms. The fraction of sp³-hybridized carbons (Fsp3) is 0.579. The van der Waals surface area contributed by atoms with Gasteiger partial charge in [-0.2, -0.15) is 0 Å². The molecule has 2 aromatic rings. The molecule has 0 radical (unpaired) electrons. The van der Waals surface area contributed by atoms with Gasteiger partial charge >= 0.3 is 0 Å². The largest absolute Gasteiger partial charge is 0.381 e. The highest BCUT2D eigenvalue weighted by molar-refractivity contribution is 5.80. The van der Waals surface area contributed by atoms with Crippen LogP contribution in [0.4, 0.5) is 0 Å². The van der Waals surface area contributed by atoms with Gasteiger partial charge in [-0.15, -0.1) is 0 Å². The average Bonchev–Trinajstić information content (AvgIpc) is 3.27. The number of rotatable bonds is 3. The second kappa shape index (κ2) is 6.55. The Morgan fingerprint density at radius 3 is 2.96 bits per heavy atom. The first-order chi connectivity index (χ1) is 11.8. The van der Waals surface area contributed by atoms with Crippen LogP contribution in [0.2, 0.25) is 0 Å². The summed E-state index contributed by atoms with van der Waals surface area (Å²) in [5.41, 5.74) is 2.02. The standard InChI is InChI=1S/C19H25N3O2/c1-24-14-7-4-6-13(12-14)19(23)22-11-5-10-17(22)18-20-15-8-2-3-9-16(15)21-18/h2-3,8-9,13-14,17H,4-7,10-12H2,1H3,(H,20,21). The van der Waals surface area contributed by atoms with Crippen LogP contribution in [-0.4, -0.2) is 40.5 Å². The minimum Gasteiger partial charge on any atom is -0.381 e. The highest BCUT2D eigenvalue weighted by Gasteiger charge is 2.37. The van der Waals surface area contributed by atoms with Crippen molar-refractivity contribution in [2.24, 2.45) is 5.92 Å². The summed E-state index contributed by atoms with van der Waals surface area (Å²) in [4.78, 5) is 23.3. The van der Waals surface area contributed by atoms with Crippen LogP contribution in [0, 0.1) is 5.92 Å². The van der Waals surface area contributed by atoms with E-state index >= 15 is 0 Å². The molecular formula is C19H25N3O2. The molecule has 1 saturated heterocycles. The van der Waals surface area contributed by atoms with E-state index in [1.54, 1.807) is 7.11 Å². The van der Waals surface area contributed by atoms with Crippen molar-refractivity contribution in [2.45, 2.75) is 50.7 Å². The van der Waals surface area contributed by atoms with Crippen LogP contribution in [0.15, 0.2) is 24.3 Å². The van der Waals surface area contributed by atoms with E-state index < -0.39 is 0 Å². The van der Waals surface area contributed by atoms with Gasteiger partial charge in [-0.05, 0) is 44.2 Å². The van der Waals surface area contributed by atoms with Gasteiger partial charge in [0.25, 0.3) is 0 Å². The van der Waals surface area contributed by atoms with Gasteiger partial charge in [-0.1, -0.05) is 18.6 Å². The number of nitrogens with one attached hydrogen (secondary N) is 1. The first kappa shape index (κ1) is 15.6. The van der Waals surface area contributed by atoms with Crippen molar-refractivity contribution in [3.63, 3.8) is 0 Å². The number of para-hydroxylation sites is 2. The first-order valence-electron chi connectivity index (χ1n) is 9.04. The third-order valence-corrected chi connectivity index (χ3v) is 5.57. The number of likely N-dealkylation sites (tertiary alicyclic amines) is 1. The predicted molar refractivity (Wildman–Crippen MR) is 92.5 cm³/mol. The molecular weight excluding hydrogens is 302 g/mol. The molecule has 0 bridgehead atoms. The number of ether oxygens (including phenoxy) is 1. The van der Waals surface area contributed by atoms with E-state index in [1.165, 1.54) is 0 Å². The Kier molecular flexibility index (Phi) is 4.27. The minimum absolute atomic E-state index is 0.0906. The number of benzene rings is 1. The number of amides is 1. The van der Waals surface area contributed by atoms with Crippen molar-refractivity contribution >= 4 is 16.9 Å². The number of carbonyl (C=O) groups excluding carboxylic acids is 1. The third kappa shape index (κ3) is 2.81. The Bertz CT molecular complexity index is 693. The van der Waals surface area contributed by atoms with Gasteiger partial charge in [-0.25, -0.2) is 4.98 Å². The second-order valence-electron chi connectivity index (χ2n) is 7.05. The zero-order valence-corrected chi connectivity index (χ0v) is 14.2. The van der Waals surface area contributed by atoms with Gasteiger partial charge in [0.15, 0.2) is 0 Å². The summed E-state index contributed by atoms with van der Waals surface area (Å²) in [5, 5.41) is 0. The number of H-pyrrole nitrogens is 1. The molecule has 2 fully saturated rings. The van der Waals surface area contributed by atoms with Crippen molar-refractivity contribution in [3.05, 3.63) is 30.1 Å².